The van der Waals surface area contributed by atoms with Crippen LogP contribution in [-0.4, -0.2) is 40.9 Å². The van der Waals surface area contributed by atoms with E-state index in [1.165, 1.54) is 31.2 Å². The van der Waals surface area contributed by atoms with Crippen molar-refractivity contribution in [2.24, 2.45) is 5.92 Å². The Morgan fingerprint density at radius 2 is 1.63 bits per heavy atom. The number of hydrogen-bond acceptors (Lipinski definition) is 5. The Kier molecular flexibility index (Phi) is 8.42. The topological polar surface area (TPSA) is 71.5 Å². The van der Waals surface area contributed by atoms with Crippen LogP contribution in [0.15, 0.2) is 60.0 Å². The summed E-state index contributed by atoms with van der Waals surface area (Å²) >= 11 is 1.55. The molecule has 1 saturated heterocycles. The van der Waals surface area contributed by atoms with Crippen LogP contribution in [-0.2, 0) is 4.79 Å². The molecule has 1 N–H and O–H groups in total. The van der Waals surface area contributed by atoms with Crippen LogP contribution in [0.5, 0.6) is 5.75 Å². The van der Waals surface area contributed by atoms with Gasteiger partial charge in [-0.2, -0.15) is 0 Å². The van der Waals surface area contributed by atoms with E-state index >= 15 is 0 Å². The first kappa shape index (κ1) is 26.4. The van der Waals surface area contributed by atoms with Crippen molar-refractivity contribution in [2.75, 3.05) is 18.4 Å². The highest BCUT2D eigenvalue weighted by atomic mass is 32.1. The minimum Gasteiger partial charge on any atom is -0.481 e. The number of carbonyl (C=O) groups excluding carboxylic acids is 2. The van der Waals surface area contributed by atoms with Crippen LogP contribution in [0.1, 0.15) is 85.3 Å². The minimum atomic E-state index is -0.524. The number of likely N-dealkylation sites (tertiary alicyclic amines) is 1. The molecule has 1 atom stereocenters. The molecule has 3 aromatic rings. The highest BCUT2D eigenvalue weighted by Crippen LogP contribution is 2.38. The molecule has 2 fully saturated rings. The molecule has 7 heteroatoms. The Morgan fingerprint density at radius 1 is 0.947 bits per heavy atom. The van der Waals surface area contributed by atoms with Crippen molar-refractivity contribution in [1.82, 2.24) is 9.88 Å². The molecular weight excluding hydrogens is 494 g/mol. The van der Waals surface area contributed by atoms with Gasteiger partial charge in [-0.25, -0.2) is 4.98 Å². The van der Waals surface area contributed by atoms with Crippen LogP contribution in [0.25, 0.3) is 0 Å². The van der Waals surface area contributed by atoms with Crippen molar-refractivity contribution < 1.29 is 14.3 Å². The molecule has 1 aliphatic heterocycles. The monoisotopic (exact) mass is 531 g/mol. The van der Waals surface area contributed by atoms with Crippen LogP contribution in [0.2, 0.25) is 0 Å². The van der Waals surface area contributed by atoms with Crippen LogP contribution in [0, 0.1) is 5.92 Å². The number of benzene rings is 2. The third-order valence-corrected chi connectivity index (χ3v) is 8.99. The third kappa shape index (κ3) is 6.26. The number of nitrogens with zero attached hydrogens (tertiary/aromatic N) is 2. The second kappa shape index (κ2) is 12.1. The average Bonchev–Trinajstić information content (AvgIpc) is 3.45. The average molecular weight is 532 g/mol. The van der Waals surface area contributed by atoms with E-state index in [2.05, 4.69) is 24.4 Å². The lowest BCUT2D eigenvalue weighted by Crippen LogP contribution is -2.44. The minimum absolute atomic E-state index is 0.0117. The lowest BCUT2D eigenvalue weighted by atomic mass is 9.79. The zero-order chi connectivity index (χ0) is 26.5. The fourth-order valence-electron chi connectivity index (χ4n) is 5.66. The summed E-state index contributed by atoms with van der Waals surface area (Å²) in [5.41, 5.74) is 2.62. The van der Waals surface area contributed by atoms with Crippen molar-refractivity contribution in [3.05, 3.63) is 76.2 Å². The molecule has 2 heterocycles. The molecule has 2 aliphatic rings. The van der Waals surface area contributed by atoms with Gasteiger partial charge < -0.3 is 15.0 Å². The summed E-state index contributed by atoms with van der Waals surface area (Å²) < 4.78 is 5.83. The predicted octanol–water partition coefficient (Wildman–Crippen LogP) is 6.86. The second-order valence-corrected chi connectivity index (χ2v) is 11.6. The predicted molar refractivity (Wildman–Crippen MR) is 152 cm³/mol. The van der Waals surface area contributed by atoms with Gasteiger partial charge in [0.1, 0.15) is 11.4 Å². The summed E-state index contributed by atoms with van der Waals surface area (Å²) in [6.07, 6.45) is 5.98. The van der Waals surface area contributed by atoms with E-state index in [4.69, 9.17) is 9.72 Å². The lowest BCUT2D eigenvalue weighted by Gasteiger charge is -2.32. The van der Waals surface area contributed by atoms with Crippen LogP contribution < -0.4 is 10.1 Å². The van der Waals surface area contributed by atoms with Gasteiger partial charge in [-0.05, 0) is 68.2 Å². The summed E-state index contributed by atoms with van der Waals surface area (Å²) in [7, 11) is 0. The molecule has 1 saturated carbocycles. The highest BCUT2D eigenvalue weighted by molar-refractivity contribution is 7.10. The van der Waals surface area contributed by atoms with E-state index in [-0.39, 0.29) is 17.7 Å². The molecule has 5 rings (SSSR count). The van der Waals surface area contributed by atoms with Crippen LogP contribution >= 0.6 is 11.3 Å². The first-order valence-electron chi connectivity index (χ1n) is 13.8. The maximum atomic E-state index is 13.1. The van der Waals surface area contributed by atoms with Crippen molar-refractivity contribution in [3.63, 3.8) is 0 Å². The van der Waals surface area contributed by atoms with Crippen molar-refractivity contribution in [2.45, 2.75) is 70.3 Å². The molecule has 6 nitrogen and oxygen atoms in total. The molecule has 0 spiro atoms. The fraction of sp³-hybridized carbons (Fsp3) is 0.452. The first-order valence-corrected chi connectivity index (χ1v) is 14.7. The zero-order valence-electron chi connectivity index (χ0n) is 22.3. The normalized spacial score (nSPS) is 21.1. The number of anilines is 1. The van der Waals surface area contributed by atoms with Gasteiger partial charge in [0.15, 0.2) is 6.10 Å². The van der Waals surface area contributed by atoms with Crippen molar-refractivity contribution in [1.29, 1.82) is 0 Å². The molecule has 2 aromatic carbocycles. The van der Waals surface area contributed by atoms with Crippen LogP contribution in [0.3, 0.4) is 0 Å². The van der Waals surface area contributed by atoms with Gasteiger partial charge in [0.2, 0.25) is 0 Å². The van der Waals surface area contributed by atoms with Gasteiger partial charge >= 0.3 is 0 Å². The molecule has 0 bridgehead atoms. The molecule has 1 aliphatic carbocycles. The van der Waals surface area contributed by atoms with E-state index in [9.17, 15) is 9.59 Å². The Labute approximate surface area is 229 Å². The van der Waals surface area contributed by atoms with Gasteiger partial charge in [0, 0.05) is 30.1 Å². The number of piperidine rings is 1. The van der Waals surface area contributed by atoms with E-state index in [0.29, 0.717) is 30.5 Å². The maximum Gasteiger partial charge on any atom is 0.275 e. The number of carbonyl (C=O) groups is 2. The smallest absolute Gasteiger partial charge is 0.275 e. The van der Waals surface area contributed by atoms with E-state index < -0.39 is 6.10 Å². The summed E-state index contributed by atoms with van der Waals surface area (Å²) in [5, 5.41) is 5.99. The Balaban J connectivity index is 1.15. The number of nitrogens with one attached hydrogen (secondary N) is 1. The quantitative estimate of drug-likeness (QED) is 0.361. The van der Waals surface area contributed by atoms with Gasteiger partial charge in [0.05, 0.1) is 5.01 Å². The molecule has 2 amide bonds. The lowest BCUT2D eigenvalue weighted by molar-refractivity contribution is -0.139. The Morgan fingerprint density at radius 3 is 2.37 bits per heavy atom. The molecular formula is C31H37N3O3S. The number of aromatic nitrogens is 1. The van der Waals surface area contributed by atoms with E-state index in [1.54, 1.807) is 18.3 Å². The number of amides is 2. The van der Waals surface area contributed by atoms with E-state index in [0.717, 1.165) is 29.5 Å². The standard InChI is InChI=1S/C31H37N3O3S/c1-21-12-14-23(15-13-21)26-10-6-7-11-27(26)32-29(35)28-20-38-30(33-28)24-16-18-34(19-17-24)31(36)22(2)37-25-8-4-3-5-9-25/h3-11,20-24H,12-19H2,1-2H3,(H,32,35). The molecule has 38 heavy (non-hydrogen) atoms. The summed E-state index contributed by atoms with van der Waals surface area (Å²) in [6, 6.07) is 17.7. The number of rotatable bonds is 7. The summed E-state index contributed by atoms with van der Waals surface area (Å²) in [5.74, 6) is 2.11. The number of ether oxygens (including phenoxy) is 1. The van der Waals surface area contributed by atoms with Gasteiger partial charge in [-0.15, -0.1) is 11.3 Å². The summed E-state index contributed by atoms with van der Waals surface area (Å²) in [4.78, 5) is 32.6. The number of para-hydroxylation sites is 2. The second-order valence-electron chi connectivity index (χ2n) is 10.7. The third-order valence-electron chi connectivity index (χ3n) is 7.98. The Bertz CT molecular complexity index is 1230. The zero-order valence-corrected chi connectivity index (χ0v) is 23.1. The Hall–Kier alpha value is -3.19. The molecule has 1 unspecified atom stereocenters. The number of thiazole rings is 1. The maximum absolute atomic E-state index is 13.1. The SMILES string of the molecule is CC1CCC(c2ccccc2NC(=O)c2csc(C3CCN(C(=O)C(C)Oc4ccccc4)CC3)n2)CC1. The number of hydrogen-bond donors (Lipinski definition) is 1. The van der Waals surface area contributed by atoms with Gasteiger partial charge in [0.25, 0.3) is 11.8 Å². The first-order chi connectivity index (χ1) is 18.5. The van der Waals surface area contributed by atoms with Gasteiger partial charge in [-0.3, -0.25) is 9.59 Å². The fourth-order valence-corrected chi connectivity index (χ4v) is 6.63. The molecule has 1 aromatic heterocycles. The van der Waals surface area contributed by atoms with Crippen molar-refractivity contribution >= 4 is 28.8 Å². The van der Waals surface area contributed by atoms with Crippen molar-refractivity contribution in [3.8, 4) is 5.75 Å². The summed E-state index contributed by atoms with van der Waals surface area (Å²) in [6.45, 7) is 5.47. The highest BCUT2D eigenvalue weighted by Gasteiger charge is 2.29. The largest absolute Gasteiger partial charge is 0.481 e. The van der Waals surface area contributed by atoms with Crippen LogP contribution in [0.4, 0.5) is 5.69 Å². The van der Waals surface area contributed by atoms with Gasteiger partial charge in [-0.1, -0.05) is 56.2 Å². The van der Waals surface area contributed by atoms with E-state index in [1.807, 2.05) is 52.7 Å². The molecule has 200 valence electrons. The molecule has 0 radical (unpaired) electrons.